The third kappa shape index (κ3) is 61.4. The summed E-state index contributed by atoms with van der Waals surface area (Å²) in [6.45, 7) is 6.28. The van der Waals surface area contributed by atoms with E-state index in [0.29, 0.717) is 19.3 Å². The molecule has 6 nitrogen and oxygen atoms in total. The molecule has 0 aromatic heterocycles. The Bertz CT molecular complexity index is 1850. The number of unbranched alkanes of at least 4 members (excludes halogenated alkanes) is 12. The topological polar surface area (TPSA) is 78.9 Å². The second-order valence-corrected chi connectivity index (χ2v) is 19.5. The predicted molar refractivity (Wildman–Crippen MR) is 338 cm³/mol. The Morgan fingerprint density at radius 3 is 0.795 bits per heavy atom. The first-order valence-corrected chi connectivity index (χ1v) is 30.8. The number of carbonyl (C=O) groups excluding carboxylic acids is 3. The molecule has 0 aliphatic rings. The molecule has 434 valence electrons. The van der Waals surface area contributed by atoms with Gasteiger partial charge in [0.25, 0.3) is 0 Å². The molecule has 6 heteroatoms. The first kappa shape index (κ1) is 72.5. The van der Waals surface area contributed by atoms with Gasteiger partial charge in [0.15, 0.2) is 6.10 Å². The van der Waals surface area contributed by atoms with Crippen LogP contribution in [0.1, 0.15) is 233 Å². The highest BCUT2D eigenvalue weighted by molar-refractivity contribution is 5.71. The zero-order valence-corrected chi connectivity index (χ0v) is 49.6. The molecule has 1 atom stereocenters. The van der Waals surface area contributed by atoms with Gasteiger partial charge in [-0.15, -0.1) is 0 Å². The number of hydrogen-bond acceptors (Lipinski definition) is 6. The highest BCUT2D eigenvalue weighted by Crippen LogP contribution is 2.12. The van der Waals surface area contributed by atoms with E-state index in [1.165, 1.54) is 19.3 Å². The fourth-order valence-corrected chi connectivity index (χ4v) is 7.61. The van der Waals surface area contributed by atoms with Gasteiger partial charge in [-0.3, -0.25) is 14.4 Å². The Balaban J connectivity index is 4.24. The summed E-state index contributed by atoms with van der Waals surface area (Å²) in [5.41, 5.74) is 0. The van der Waals surface area contributed by atoms with E-state index >= 15 is 0 Å². The lowest BCUT2D eigenvalue weighted by atomic mass is 10.1. The molecule has 78 heavy (non-hydrogen) atoms. The molecule has 0 spiro atoms. The molecule has 0 saturated carbocycles. The quantitative estimate of drug-likeness (QED) is 0.0261. The van der Waals surface area contributed by atoms with E-state index in [2.05, 4.69) is 203 Å². The number of rotatable bonds is 53. The molecule has 0 aliphatic heterocycles. The van der Waals surface area contributed by atoms with Crippen LogP contribution in [0.4, 0.5) is 0 Å². The summed E-state index contributed by atoms with van der Waals surface area (Å²) in [6.07, 6.45) is 96.4. The number of esters is 3. The van der Waals surface area contributed by atoms with Crippen LogP contribution in [0.2, 0.25) is 0 Å². The van der Waals surface area contributed by atoms with Gasteiger partial charge in [0.2, 0.25) is 0 Å². The maximum Gasteiger partial charge on any atom is 0.306 e. The summed E-state index contributed by atoms with van der Waals surface area (Å²) in [5, 5.41) is 0. The minimum atomic E-state index is -0.813. The molecule has 0 aromatic carbocycles. The van der Waals surface area contributed by atoms with Crippen molar-refractivity contribution in [2.75, 3.05) is 13.2 Å². The molecule has 0 saturated heterocycles. The van der Waals surface area contributed by atoms with Gasteiger partial charge in [-0.05, 0) is 141 Å². The molecule has 0 bridgehead atoms. The first-order chi connectivity index (χ1) is 38.5. The SMILES string of the molecule is CC/C=C\C/C=C\C/C=C\C/C=C\C/C=C\C/C=C\C/C=C\C/C=C\C/C=C\C/C=C\CCCCCCC(=O)OCC(COC(=O)CCCCCCCC)OC(=O)CCCCC/C=C\C/C=C\C/C=C\C/C=C\C/C=C\CC. The van der Waals surface area contributed by atoms with Crippen LogP contribution >= 0.6 is 0 Å². The zero-order chi connectivity index (χ0) is 56.4. The molecule has 0 rings (SSSR count). The average Bonchev–Trinajstić information content (AvgIpc) is 3.44. The summed E-state index contributed by atoms with van der Waals surface area (Å²) < 4.78 is 16.7. The summed E-state index contributed by atoms with van der Waals surface area (Å²) in [7, 11) is 0. The predicted octanol–water partition coefficient (Wildman–Crippen LogP) is 21.3. The van der Waals surface area contributed by atoms with Crippen LogP contribution < -0.4 is 0 Å². The largest absolute Gasteiger partial charge is 0.462 e. The van der Waals surface area contributed by atoms with Crippen LogP contribution in [-0.2, 0) is 28.6 Å². The van der Waals surface area contributed by atoms with Crippen molar-refractivity contribution in [3.8, 4) is 0 Å². The number of carbonyl (C=O) groups is 3. The van der Waals surface area contributed by atoms with Crippen LogP contribution in [-0.4, -0.2) is 37.2 Å². The first-order valence-electron chi connectivity index (χ1n) is 30.8. The minimum absolute atomic E-state index is 0.108. The van der Waals surface area contributed by atoms with Crippen LogP contribution in [0.5, 0.6) is 0 Å². The number of hydrogen-bond donors (Lipinski definition) is 0. The molecule has 0 radical (unpaired) electrons. The third-order valence-corrected chi connectivity index (χ3v) is 12.2. The standard InChI is InChI=1S/C72H110O6/c1-4-7-10-13-16-18-20-22-24-26-28-29-30-31-32-33-34-35-36-37-38-39-40-41-42-43-45-46-48-50-52-54-56-59-62-65-71(74)77-68-69(67-76-70(73)64-61-58-15-12-9-6-3)78-72(75)66-63-60-57-55-53-51-49-47-44-27-25-23-21-19-17-14-11-8-5-2/h7-8,10-11,16-19,22-25,28-29,31-32,34-35,37-38,40-41,43-45,47-48,50-51,53,69H,4-6,9,12-15,20-21,26-27,30,33,36,39,42,46,49,52,54-68H2,1-3H3/b10-7-,11-8-,18-16-,19-17-,24-22-,25-23-,29-28-,32-31-,35-34-,38-37-,41-40-,45-43-,47-44-,50-48-,53-51-. The van der Waals surface area contributed by atoms with Crippen LogP contribution in [0.3, 0.4) is 0 Å². The molecule has 0 amide bonds. The van der Waals surface area contributed by atoms with Gasteiger partial charge in [0, 0.05) is 19.3 Å². The fourth-order valence-electron chi connectivity index (χ4n) is 7.61. The minimum Gasteiger partial charge on any atom is -0.462 e. The Kier molecular flexibility index (Phi) is 59.5. The van der Waals surface area contributed by atoms with Crippen molar-refractivity contribution in [1.82, 2.24) is 0 Å². The van der Waals surface area contributed by atoms with Crippen molar-refractivity contribution in [2.24, 2.45) is 0 Å². The van der Waals surface area contributed by atoms with Crippen molar-refractivity contribution in [2.45, 2.75) is 239 Å². The van der Waals surface area contributed by atoms with Gasteiger partial charge in [-0.2, -0.15) is 0 Å². The highest BCUT2D eigenvalue weighted by Gasteiger charge is 2.19. The van der Waals surface area contributed by atoms with E-state index in [9.17, 15) is 14.4 Å². The van der Waals surface area contributed by atoms with Crippen molar-refractivity contribution in [3.05, 3.63) is 182 Å². The molecule has 0 fully saturated rings. The van der Waals surface area contributed by atoms with Crippen molar-refractivity contribution >= 4 is 17.9 Å². The number of allylic oxidation sites excluding steroid dienone is 30. The Hall–Kier alpha value is -5.49. The van der Waals surface area contributed by atoms with Gasteiger partial charge >= 0.3 is 17.9 Å². The Morgan fingerprint density at radius 1 is 0.269 bits per heavy atom. The van der Waals surface area contributed by atoms with Gasteiger partial charge in [-0.25, -0.2) is 0 Å². The summed E-state index contributed by atoms with van der Waals surface area (Å²) in [6, 6.07) is 0. The molecule has 1 unspecified atom stereocenters. The van der Waals surface area contributed by atoms with E-state index in [4.69, 9.17) is 14.2 Å². The fraction of sp³-hybridized carbons (Fsp3) is 0.542. The molecule has 0 heterocycles. The van der Waals surface area contributed by atoms with E-state index in [1.54, 1.807) is 0 Å². The van der Waals surface area contributed by atoms with Crippen molar-refractivity contribution in [1.29, 1.82) is 0 Å². The van der Waals surface area contributed by atoms with E-state index < -0.39 is 6.10 Å². The molecule has 0 aliphatic carbocycles. The summed E-state index contributed by atoms with van der Waals surface area (Å²) >= 11 is 0. The zero-order valence-electron chi connectivity index (χ0n) is 49.6. The second kappa shape index (κ2) is 64.0. The average molecular weight is 1070 g/mol. The van der Waals surface area contributed by atoms with E-state index in [-0.39, 0.29) is 37.5 Å². The molecule has 0 N–H and O–H groups in total. The Morgan fingerprint density at radius 2 is 0.500 bits per heavy atom. The highest BCUT2D eigenvalue weighted by atomic mass is 16.6. The van der Waals surface area contributed by atoms with Gasteiger partial charge in [0.1, 0.15) is 13.2 Å². The van der Waals surface area contributed by atoms with Crippen LogP contribution in [0, 0.1) is 0 Å². The molecular weight excluding hydrogens is 961 g/mol. The maximum atomic E-state index is 12.8. The third-order valence-electron chi connectivity index (χ3n) is 12.2. The second-order valence-electron chi connectivity index (χ2n) is 19.5. The van der Waals surface area contributed by atoms with E-state index in [1.807, 2.05) is 0 Å². The van der Waals surface area contributed by atoms with Gasteiger partial charge in [-0.1, -0.05) is 254 Å². The molecule has 0 aromatic rings. The lowest BCUT2D eigenvalue weighted by molar-refractivity contribution is -0.167. The monoisotopic (exact) mass is 1070 g/mol. The smallest absolute Gasteiger partial charge is 0.306 e. The van der Waals surface area contributed by atoms with Gasteiger partial charge in [0.05, 0.1) is 0 Å². The van der Waals surface area contributed by atoms with Crippen molar-refractivity contribution in [3.63, 3.8) is 0 Å². The van der Waals surface area contributed by atoms with Crippen LogP contribution in [0.15, 0.2) is 182 Å². The summed E-state index contributed by atoms with van der Waals surface area (Å²) in [5.74, 6) is -0.988. The lowest BCUT2D eigenvalue weighted by Crippen LogP contribution is -2.30. The van der Waals surface area contributed by atoms with Gasteiger partial charge < -0.3 is 14.2 Å². The van der Waals surface area contributed by atoms with Crippen molar-refractivity contribution < 1.29 is 28.6 Å². The Labute approximate surface area is 478 Å². The lowest BCUT2D eigenvalue weighted by Gasteiger charge is -2.18. The summed E-state index contributed by atoms with van der Waals surface area (Å²) in [4.78, 5) is 37.9. The molecular formula is C72H110O6. The van der Waals surface area contributed by atoms with E-state index in [0.717, 1.165) is 167 Å². The van der Waals surface area contributed by atoms with Crippen LogP contribution in [0.25, 0.3) is 0 Å². The normalized spacial score (nSPS) is 13.4. The maximum absolute atomic E-state index is 12.8. The number of ether oxygens (including phenoxy) is 3.